The van der Waals surface area contributed by atoms with Crippen molar-refractivity contribution in [3.8, 4) is 11.5 Å². The van der Waals surface area contributed by atoms with Gasteiger partial charge < -0.3 is 27.2 Å². The summed E-state index contributed by atoms with van der Waals surface area (Å²) in [6, 6.07) is 19.6. The van der Waals surface area contributed by atoms with E-state index in [0.29, 0.717) is 25.9 Å². The first-order valence-electron chi connectivity index (χ1n) is 16.6. The van der Waals surface area contributed by atoms with E-state index in [2.05, 4.69) is 73.6 Å². The van der Waals surface area contributed by atoms with Gasteiger partial charge in [0.1, 0.15) is 24.2 Å². The molecule has 1 aliphatic rings. The summed E-state index contributed by atoms with van der Waals surface area (Å²) in [6.45, 7) is 32.7. The van der Waals surface area contributed by atoms with E-state index in [4.69, 9.17) is 27.2 Å². The van der Waals surface area contributed by atoms with E-state index in [1.807, 2.05) is 74.5 Å². The summed E-state index contributed by atoms with van der Waals surface area (Å²) in [7, 11) is -3.50. The van der Waals surface area contributed by atoms with Gasteiger partial charge in [-0.15, -0.1) is 6.58 Å². The van der Waals surface area contributed by atoms with Crippen molar-refractivity contribution >= 4 is 26.6 Å². The molecule has 6 nitrogen and oxygen atoms in total. The van der Waals surface area contributed by atoms with Gasteiger partial charge >= 0.3 is 8.56 Å². The highest BCUT2D eigenvalue weighted by atomic mass is 28.5. The maximum Gasteiger partial charge on any atom is 0.310 e. The fourth-order valence-corrected chi connectivity index (χ4v) is 12.9. The minimum Gasteiger partial charge on any atom is -0.494 e. The predicted molar refractivity (Wildman–Crippen MR) is 200 cm³/mol. The summed E-state index contributed by atoms with van der Waals surface area (Å²) in [5.41, 5.74) is 0. The molecule has 9 heteroatoms. The van der Waals surface area contributed by atoms with Crippen molar-refractivity contribution in [3.05, 3.63) is 73.3 Å². The molecule has 1 fully saturated rings. The molecule has 0 saturated carbocycles. The summed E-state index contributed by atoms with van der Waals surface area (Å²) in [5.74, 6) is 1.83. The van der Waals surface area contributed by atoms with Crippen LogP contribution < -0.4 is 9.47 Å². The van der Waals surface area contributed by atoms with Crippen molar-refractivity contribution < 1.29 is 27.2 Å². The fourth-order valence-electron chi connectivity index (χ4n) is 3.07. The summed E-state index contributed by atoms with van der Waals surface area (Å²) < 4.78 is 32.8. The molecule has 1 heterocycles. The predicted octanol–water partition coefficient (Wildman–Crippen LogP) is 9.67. The third-order valence-electron chi connectivity index (χ3n) is 4.30. The molecule has 1 unspecified atom stereocenters. The Labute approximate surface area is 277 Å². The second-order valence-electron chi connectivity index (χ2n) is 10.6. The van der Waals surface area contributed by atoms with Crippen LogP contribution in [-0.4, -0.2) is 65.8 Å². The number of ether oxygens (including phenoxy) is 4. The molecule has 0 bridgehead atoms. The Hall–Kier alpha value is -1.73. The minimum absolute atomic E-state index is 0.343. The molecular weight excluding hydrogens is 601 g/mol. The fraction of sp³-hybridized carbons (Fsp3) is 0.600. The lowest BCUT2D eigenvalue weighted by Crippen LogP contribution is -2.42. The zero-order valence-corrected chi connectivity index (χ0v) is 33.7. The summed E-state index contributed by atoms with van der Waals surface area (Å²) in [4.78, 5) is 0. The molecule has 0 aromatic heterocycles. The van der Waals surface area contributed by atoms with Crippen molar-refractivity contribution in [3.63, 3.8) is 0 Å². The van der Waals surface area contributed by atoms with Crippen LogP contribution in [-0.2, 0) is 17.7 Å². The van der Waals surface area contributed by atoms with Gasteiger partial charge in [-0.2, -0.15) is 0 Å². The topological polar surface area (TPSA) is 58.7 Å². The van der Waals surface area contributed by atoms with E-state index in [0.717, 1.165) is 31.1 Å². The van der Waals surface area contributed by atoms with Crippen LogP contribution in [0.15, 0.2) is 73.3 Å². The SMILES string of the molecule is C=CCOCCCOc1ccccc1.CC.CCC.CCC.C[SiH](C)O[Si](C)(C)O[SiH](C)C.c1ccc(OCC2CO2)cc1. The molecule has 44 heavy (non-hydrogen) atoms. The van der Waals surface area contributed by atoms with E-state index < -0.39 is 26.6 Å². The van der Waals surface area contributed by atoms with Crippen LogP contribution in [0.3, 0.4) is 0 Å². The highest BCUT2D eigenvalue weighted by molar-refractivity contribution is 6.78. The second kappa shape index (κ2) is 34.1. The number of para-hydroxylation sites is 2. The highest BCUT2D eigenvalue weighted by Gasteiger charge is 2.26. The number of benzene rings is 2. The molecular formula is C35H68O6Si3. The first-order chi connectivity index (χ1) is 21.0. The Morgan fingerprint density at radius 2 is 1.18 bits per heavy atom. The van der Waals surface area contributed by atoms with Crippen LogP contribution in [0.5, 0.6) is 11.5 Å². The van der Waals surface area contributed by atoms with Crippen LogP contribution in [0.2, 0.25) is 39.3 Å². The first kappa shape index (κ1) is 46.7. The van der Waals surface area contributed by atoms with Crippen molar-refractivity contribution in [2.24, 2.45) is 0 Å². The van der Waals surface area contributed by atoms with Crippen molar-refractivity contribution in [2.75, 3.05) is 33.0 Å². The third-order valence-corrected chi connectivity index (χ3v) is 12.6. The summed E-state index contributed by atoms with van der Waals surface area (Å²) in [6.07, 6.45) is 5.50. The van der Waals surface area contributed by atoms with Gasteiger partial charge in [-0.05, 0) is 63.5 Å². The first-order valence-corrected chi connectivity index (χ1v) is 24.9. The maximum atomic E-state index is 5.84. The Bertz CT molecular complexity index is 806. The van der Waals surface area contributed by atoms with Crippen molar-refractivity contribution in [1.82, 2.24) is 0 Å². The quantitative estimate of drug-likeness (QED) is 0.0865. The van der Waals surface area contributed by atoms with Gasteiger partial charge in [-0.1, -0.05) is 96.9 Å². The van der Waals surface area contributed by atoms with E-state index in [9.17, 15) is 0 Å². The van der Waals surface area contributed by atoms with E-state index in [-0.39, 0.29) is 0 Å². The number of epoxide rings is 1. The molecule has 256 valence electrons. The normalized spacial score (nSPS) is 12.6. The molecule has 1 aliphatic heterocycles. The van der Waals surface area contributed by atoms with Gasteiger partial charge in [0.05, 0.1) is 26.4 Å². The van der Waals surface area contributed by atoms with Crippen molar-refractivity contribution in [2.45, 2.75) is 106 Å². The Kier molecular flexibility index (Phi) is 36.2. The van der Waals surface area contributed by atoms with Crippen molar-refractivity contribution in [1.29, 1.82) is 0 Å². The van der Waals surface area contributed by atoms with E-state index in [1.54, 1.807) is 6.08 Å². The Morgan fingerprint density at radius 3 is 1.55 bits per heavy atom. The zero-order chi connectivity index (χ0) is 34.1. The van der Waals surface area contributed by atoms with Gasteiger partial charge in [0, 0.05) is 6.42 Å². The van der Waals surface area contributed by atoms with Crippen LogP contribution in [0, 0.1) is 0 Å². The van der Waals surface area contributed by atoms with Crippen LogP contribution in [0.25, 0.3) is 0 Å². The maximum absolute atomic E-state index is 5.84. The standard InChI is InChI=1S/C12H16O2.C9H10O2.C6H20O2Si3.2C3H8.C2H6/c1-2-9-13-10-6-11-14-12-7-4-3-5-8-12;1-2-4-8(5-3-1)10-6-9-7-11-9;1-9(2)7-11(5,6)8-10(3)4;2*1-3-2;1-2/h2-5,7-8H,1,6,9-11H2;1-5,9H,6-7H2;9-10H,1-6H3;2*3H2,1-2H3;1-2H3. The molecule has 0 N–H and O–H groups in total. The summed E-state index contributed by atoms with van der Waals surface area (Å²) in [5, 5.41) is 0. The molecule has 0 aliphatic carbocycles. The van der Waals surface area contributed by atoms with Crippen LogP contribution in [0.1, 0.15) is 60.8 Å². The average molecular weight is 669 g/mol. The highest BCUT2D eigenvalue weighted by Crippen LogP contribution is 2.14. The van der Waals surface area contributed by atoms with Gasteiger partial charge in [0.25, 0.3) is 0 Å². The van der Waals surface area contributed by atoms with Gasteiger partial charge in [0.2, 0.25) is 0 Å². The van der Waals surface area contributed by atoms with Gasteiger partial charge in [-0.3, -0.25) is 0 Å². The third kappa shape index (κ3) is 38.3. The molecule has 0 spiro atoms. The molecule has 1 atom stereocenters. The molecule has 0 radical (unpaired) electrons. The molecule has 2 aromatic carbocycles. The lowest BCUT2D eigenvalue weighted by Gasteiger charge is -2.27. The van der Waals surface area contributed by atoms with E-state index in [1.165, 1.54) is 12.8 Å². The molecule has 1 saturated heterocycles. The lowest BCUT2D eigenvalue weighted by molar-refractivity contribution is 0.143. The summed E-state index contributed by atoms with van der Waals surface area (Å²) >= 11 is 0. The van der Waals surface area contributed by atoms with Gasteiger partial charge in [-0.25, -0.2) is 0 Å². The Morgan fingerprint density at radius 1 is 0.773 bits per heavy atom. The monoisotopic (exact) mass is 668 g/mol. The van der Waals surface area contributed by atoms with Gasteiger partial charge in [0.15, 0.2) is 18.1 Å². The largest absolute Gasteiger partial charge is 0.494 e. The number of hydrogen-bond donors (Lipinski definition) is 0. The molecule has 2 aromatic rings. The molecule has 3 rings (SSSR count). The number of rotatable bonds is 14. The average Bonchev–Trinajstić information content (AvgIpc) is 3.81. The Balaban J connectivity index is -0.000000514. The second-order valence-corrected chi connectivity index (χ2v) is 19.5. The van der Waals surface area contributed by atoms with E-state index >= 15 is 0 Å². The zero-order valence-electron chi connectivity index (χ0n) is 30.4. The van der Waals surface area contributed by atoms with Crippen LogP contribution >= 0.6 is 0 Å². The lowest BCUT2D eigenvalue weighted by atomic mass is 10.3. The minimum atomic E-state index is -1.71. The smallest absolute Gasteiger partial charge is 0.310 e. The number of hydrogen-bond acceptors (Lipinski definition) is 6. The van der Waals surface area contributed by atoms with Crippen LogP contribution in [0.4, 0.5) is 0 Å². The molecule has 0 amide bonds.